The molecule has 1 N–H and O–H groups in total. The lowest BCUT2D eigenvalue weighted by Crippen LogP contribution is -2.46. The number of nitrogens with zero attached hydrogens (tertiary/aromatic N) is 1. The molecule has 1 aliphatic heterocycles. The van der Waals surface area contributed by atoms with Crippen LogP contribution in [0.3, 0.4) is 0 Å². The number of hydrogen-bond donors (Lipinski definition) is 1. The maximum absolute atomic E-state index is 12.9. The maximum Gasteiger partial charge on any atom is 0.223 e. The van der Waals surface area contributed by atoms with Gasteiger partial charge in [-0.1, -0.05) is 13.8 Å². The Morgan fingerprint density at radius 3 is 2.48 bits per heavy atom. The first kappa shape index (κ1) is 19.6. The fourth-order valence-corrected chi connectivity index (χ4v) is 3.07. The summed E-state index contributed by atoms with van der Waals surface area (Å²) >= 11 is 0. The van der Waals surface area contributed by atoms with Crippen LogP contribution in [0.1, 0.15) is 56.3 Å². The Hall–Kier alpha value is -1.75. The minimum absolute atomic E-state index is 0.0655. The van der Waals surface area contributed by atoms with Crippen LogP contribution in [0.25, 0.3) is 0 Å². The maximum atomic E-state index is 12.9. The Bertz CT molecular complexity index is 566. The van der Waals surface area contributed by atoms with E-state index in [-0.39, 0.29) is 29.5 Å². The van der Waals surface area contributed by atoms with Crippen molar-refractivity contribution in [2.75, 3.05) is 19.6 Å². The van der Waals surface area contributed by atoms with Gasteiger partial charge in [-0.25, -0.2) is 4.39 Å². The lowest BCUT2D eigenvalue weighted by atomic mass is 10.0. The van der Waals surface area contributed by atoms with Crippen molar-refractivity contribution in [3.05, 3.63) is 35.6 Å². The third-order valence-corrected chi connectivity index (χ3v) is 5.04. The number of halogens is 1. The summed E-state index contributed by atoms with van der Waals surface area (Å²) in [4.78, 5) is 26.4. The van der Waals surface area contributed by atoms with Crippen LogP contribution in [0.2, 0.25) is 0 Å². The van der Waals surface area contributed by atoms with E-state index in [0.29, 0.717) is 12.0 Å². The largest absolute Gasteiger partial charge is 0.353 e. The zero-order chi connectivity index (χ0) is 18.2. The summed E-state index contributed by atoms with van der Waals surface area (Å²) in [6.07, 6.45) is 4.09. The van der Waals surface area contributed by atoms with E-state index >= 15 is 0 Å². The first-order valence-electron chi connectivity index (χ1n) is 9.31. The number of hydrogen-bond acceptors (Lipinski definition) is 3. The zero-order valence-corrected chi connectivity index (χ0v) is 15.3. The molecule has 1 saturated heterocycles. The molecule has 0 bridgehead atoms. The van der Waals surface area contributed by atoms with Crippen molar-refractivity contribution < 1.29 is 14.0 Å². The van der Waals surface area contributed by atoms with E-state index in [1.165, 1.54) is 12.1 Å². The lowest BCUT2D eigenvalue weighted by Gasteiger charge is -2.32. The number of piperidine rings is 1. The molecule has 1 amide bonds. The molecule has 0 spiro atoms. The van der Waals surface area contributed by atoms with Gasteiger partial charge in [-0.2, -0.15) is 0 Å². The number of likely N-dealkylation sites (tertiary alicyclic amines) is 1. The van der Waals surface area contributed by atoms with Gasteiger partial charge in [0, 0.05) is 37.0 Å². The smallest absolute Gasteiger partial charge is 0.223 e. The van der Waals surface area contributed by atoms with E-state index < -0.39 is 0 Å². The van der Waals surface area contributed by atoms with Crippen molar-refractivity contribution in [1.29, 1.82) is 0 Å². The Labute approximate surface area is 149 Å². The van der Waals surface area contributed by atoms with Gasteiger partial charge >= 0.3 is 0 Å². The minimum atomic E-state index is -0.320. The van der Waals surface area contributed by atoms with Gasteiger partial charge in [0.05, 0.1) is 0 Å². The van der Waals surface area contributed by atoms with Gasteiger partial charge in [0.1, 0.15) is 5.82 Å². The summed E-state index contributed by atoms with van der Waals surface area (Å²) in [5.41, 5.74) is 0.577. The molecular weight excluding hydrogens is 319 g/mol. The van der Waals surface area contributed by atoms with Crippen LogP contribution in [-0.4, -0.2) is 42.3 Å². The third kappa shape index (κ3) is 6.24. The molecule has 1 aromatic carbocycles. The first-order valence-corrected chi connectivity index (χ1v) is 9.31. The molecule has 5 heteroatoms. The summed E-state index contributed by atoms with van der Waals surface area (Å²) in [5.74, 6) is -0.0168. The Morgan fingerprint density at radius 1 is 1.24 bits per heavy atom. The highest BCUT2D eigenvalue weighted by atomic mass is 19.1. The molecule has 0 saturated carbocycles. The van der Waals surface area contributed by atoms with Gasteiger partial charge in [0.15, 0.2) is 5.78 Å². The Balaban J connectivity index is 1.64. The van der Waals surface area contributed by atoms with Crippen molar-refractivity contribution in [3.63, 3.8) is 0 Å². The number of rotatable bonds is 8. The molecule has 1 aliphatic rings. The lowest BCUT2D eigenvalue weighted by molar-refractivity contribution is -0.125. The number of carbonyl (C=O) groups is 2. The van der Waals surface area contributed by atoms with Gasteiger partial charge in [0.2, 0.25) is 5.91 Å². The first-order chi connectivity index (χ1) is 12.0. The molecule has 1 unspecified atom stereocenters. The molecule has 2 rings (SSSR count). The van der Waals surface area contributed by atoms with Crippen LogP contribution in [0.15, 0.2) is 24.3 Å². The second kappa shape index (κ2) is 9.66. The standard InChI is InChI=1S/C20H29FN2O2/c1-3-15(2)20(25)22-18-10-13-23(14-11-18)12-4-5-19(24)16-6-8-17(21)9-7-16/h6-9,15,18H,3-5,10-14H2,1-2H3,(H,22,25). The van der Waals surface area contributed by atoms with E-state index in [1.54, 1.807) is 12.1 Å². The van der Waals surface area contributed by atoms with E-state index in [4.69, 9.17) is 0 Å². The molecule has 0 aromatic heterocycles. The molecule has 0 aliphatic carbocycles. The van der Waals surface area contributed by atoms with Crippen LogP contribution in [-0.2, 0) is 4.79 Å². The number of Topliss-reactive ketones (excluding diaryl/α,β-unsaturated/α-hetero) is 1. The van der Waals surface area contributed by atoms with Gasteiger partial charge in [0.25, 0.3) is 0 Å². The highest BCUT2D eigenvalue weighted by Crippen LogP contribution is 2.14. The Morgan fingerprint density at radius 2 is 1.88 bits per heavy atom. The number of amides is 1. The summed E-state index contributed by atoms with van der Waals surface area (Å²) < 4.78 is 12.9. The third-order valence-electron chi connectivity index (χ3n) is 5.04. The fraction of sp³-hybridized carbons (Fsp3) is 0.600. The van der Waals surface area contributed by atoms with Crippen molar-refractivity contribution >= 4 is 11.7 Å². The van der Waals surface area contributed by atoms with E-state index in [9.17, 15) is 14.0 Å². The van der Waals surface area contributed by atoms with Crippen LogP contribution < -0.4 is 5.32 Å². The quantitative estimate of drug-likeness (QED) is 0.733. The minimum Gasteiger partial charge on any atom is -0.353 e. The predicted octanol–water partition coefficient (Wildman–Crippen LogP) is 3.42. The van der Waals surface area contributed by atoms with Crippen LogP contribution in [0.5, 0.6) is 0 Å². The van der Waals surface area contributed by atoms with Crippen molar-refractivity contribution in [2.24, 2.45) is 5.92 Å². The molecule has 1 aromatic rings. The molecule has 1 fully saturated rings. The highest BCUT2D eigenvalue weighted by molar-refractivity contribution is 5.95. The van der Waals surface area contributed by atoms with Gasteiger partial charge in [-0.3, -0.25) is 9.59 Å². The summed E-state index contributed by atoms with van der Waals surface area (Å²) in [6, 6.07) is 6.02. The van der Waals surface area contributed by atoms with Crippen molar-refractivity contribution in [3.8, 4) is 0 Å². The van der Waals surface area contributed by atoms with Gasteiger partial charge in [-0.05, 0) is 56.5 Å². The molecular formula is C20H29FN2O2. The molecule has 25 heavy (non-hydrogen) atoms. The Kier molecular flexibility index (Phi) is 7.56. The SMILES string of the molecule is CCC(C)C(=O)NC1CCN(CCCC(=O)c2ccc(F)cc2)CC1. The van der Waals surface area contributed by atoms with E-state index in [1.807, 2.05) is 13.8 Å². The highest BCUT2D eigenvalue weighted by Gasteiger charge is 2.22. The van der Waals surface area contributed by atoms with E-state index in [2.05, 4.69) is 10.2 Å². The topological polar surface area (TPSA) is 49.4 Å². The molecule has 4 nitrogen and oxygen atoms in total. The second-order valence-corrected chi connectivity index (χ2v) is 6.97. The van der Waals surface area contributed by atoms with Gasteiger partial charge < -0.3 is 10.2 Å². The normalized spacial score (nSPS) is 17.2. The summed E-state index contributed by atoms with van der Waals surface area (Å²) in [7, 11) is 0. The number of benzene rings is 1. The van der Waals surface area contributed by atoms with Crippen LogP contribution in [0.4, 0.5) is 4.39 Å². The summed E-state index contributed by atoms with van der Waals surface area (Å²) in [6.45, 7) is 6.79. The van der Waals surface area contributed by atoms with Gasteiger partial charge in [-0.15, -0.1) is 0 Å². The number of carbonyl (C=O) groups excluding carboxylic acids is 2. The monoisotopic (exact) mass is 348 g/mol. The number of ketones is 1. The fourth-order valence-electron chi connectivity index (χ4n) is 3.07. The molecule has 1 atom stereocenters. The zero-order valence-electron chi connectivity index (χ0n) is 15.3. The predicted molar refractivity (Wildman–Crippen MR) is 97.0 cm³/mol. The van der Waals surface area contributed by atoms with Crippen LogP contribution in [0, 0.1) is 11.7 Å². The average Bonchev–Trinajstić information content (AvgIpc) is 2.62. The summed E-state index contributed by atoms with van der Waals surface area (Å²) in [5, 5.41) is 3.14. The van der Waals surface area contributed by atoms with E-state index in [0.717, 1.165) is 45.3 Å². The number of nitrogens with one attached hydrogen (secondary N) is 1. The molecule has 0 radical (unpaired) electrons. The molecule has 138 valence electrons. The molecule has 1 heterocycles. The second-order valence-electron chi connectivity index (χ2n) is 6.97. The van der Waals surface area contributed by atoms with Crippen molar-refractivity contribution in [1.82, 2.24) is 10.2 Å². The van der Waals surface area contributed by atoms with Crippen molar-refractivity contribution in [2.45, 2.75) is 52.0 Å². The van der Waals surface area contributed by atoms with Crippen LogP contribution >= 0.6 is 0 Å². The average molecular weight is 348 g/mol.